The maximum atomic E-state index is 13.9. The molecule has 0 spiro atoms. The summed E-state index contributed by atoms with van der Waals surface area (Å²) < 4.78 is 13.9. The number of halogens is 1. The number of rotatable bonds is 4. The third-order valence-electron chi connectivity index (χ3n) is 4.18. The van der Waals surface area contributed by atoms with Crippen LogP contribution in [-0.2, 0) is 0 Å². The van der Waals surface area contributed by atoms with Crippen molar-refractivity contribution in [2.75, 3.05) is 36.0 Å². The topological polar surface area (TPSA) is 92.8 Å². The van der Waals surface area contributed by atoms with E-state index in [9.17, 15) is 24.6 Å². The Kier molecular flexibility index (Phi) is 4.46. The smallest absolute Gasteiger partial charge is 0.299 e. The second-order valence-electron chi connectivity index (χ2n) is 5.61. The molecule has 0 amide bonds. The summed E-state index contributed by atoms with van der Waals surface area (Å²) in [7, 11) is 0. The van der Waals surface area contributed by atoms with Crippen LogP contribution in [-0.4, -0.2) is 36.0 Å². The Labute approximate surface area is 142 Å². The molecule has 1 fully saturated rings. The number of benzene rings is 2. The predicted octanol–water partition coefficient (Wildman–Crippen LogP) is 2.97. The first kappa shape index (κ1) is 16.6. The van der Waals surface area contributed by atoms with Crippen molar-refractivity contribution in [1.29, 1.82) is 0 Å². The fourth-order valence-electron chi connectivity index (χ4n) is 2.94. The van der Waals surface area contributed by atoms with Crippen LogP contribution in [0.5, 0.6) is 0 Å². The second-order valence-corrected chi connectivity index (χ2v) is 5.61. The lowest BCUT2D eigenvalue weighted by molar-refractivity contribution is -0.393. The average molecular weight is 346 g/mol. The number of piperazine rings is 1. The molecule has 1 saturated heterocycles. The van der Waals surface area contributed by atoms with Crippen molar-refractivity contribution < 1.29 is 14.2 Å². The van der Waals surface area contributed by atoms with Gasteiger partial charge in [-0.3, -0.25) is 20.2 Å². The molecular weight excluding hydrogens is 331 g/mol. The van der Waals surface area contributed by atoms with Crippen LogP contribution in [0.15, 0.2) is 42.5 Å². The summed E-state index contributed by atoms with van der Waals surface area (Å²) in [4.78, 5) is 24.5. The van der Waals surface area contributed by atoms with Gasteiger partial charge in [0.15, 0.2) is 0 Å². The first-order chi connectivity index (χ1) is 12.0. The molecule has 3 rings (SSSR count). The molecule has 0 bridgehead atoms. The lowest BCUT2D eigenvalue weighted by atomic mass is 10.2. The molecule has 2 aromatic rings. The first-order valence-corrected chi connectivity index (χ1v) is 7.64. The van der Waals surface area contributed by atoms with Gasteiger partial charge in [0, 0.05) is 32.2 Å². The van der Waals surface area contributed by atoms with Crippen LogP contribution in [0.4, 0.5) is 27.1 Å². The predicted molar refractivity (Wildman–Crippen MR) is 90.6 cm³/mol. The van der Waals surface area contributed by atoms with E-state index < -0.39 is 9.85 Å². The minimum absolute atomic E-state index is 0.298. The molecule has 0 aliphatic carbocycles. The lowest BCUT2D eigenvalue weighted by Crippen LogP contribution is -2.47. The van der Waals surface area contributed by atoms with Crippen molar-refractivity contribution in [3.8, 4) is 0 Å². The van der Waals surface area contributed by atoms with Gasteiger partial charge in [0.2, 0.25) is 0 Å². The highest BCUT2D eigenvalue weighted by molar-refractivity contribution is 5.67. The van der Waals surface area contributed by atoms with Gasteiger partial charge in [-0.05, 0) is 18.2 Å². The third-order valence-corrected chi connectivity index (χ3v) is 4.18. The van der Waals surface area contributed by atoms with Crippen molar-refractivity contribution in [1.82, 2.24) is 0 Å². The van der Waals surface area contributed by atoms with Crippen molar-refractivity contribution in [2.45, 2.75) is 0 Å². The lowest BCUT2D eigenvalue weighted by Gasteiger charge is -2.37. The summed E-state index contributed by atoms with van der Waals surface area (Å²) in [6.07, 6.45) is 0. The Morgan fingerprint density at radius 2 is 1.44 bits per heavy atom. The van der Waals surface area contributed by atoms with Crippen LogP contribution in [0, 0.1) is 26.0 Å². The number of anilines is 2. The Morgan fingerprint density at radius 1 is 0.840 bits per heavy atom. The van der Waals surface area contributed by atoms with Gasteiger partial charge < -0.3 is 9.80 Å². The van der Waals surface area contributed by atoms with E-state index in [1.807, 2.05) is 4.90 Å². The van der Waals surface area contributed by atoms with Gasteiger partial charge in [-0.25, -0.2) is 4.39 Å². The van der Waals surface area contributed by atoms with E-state index in [1.54, 1.807) is 23.1 Å². The van der Waals surface area contributed by atoms with Gasteiger partial charge >= 0.3 is 0 Å². The van der Waals surface area contributed by atoms with Crippen LogP contribution in [0.2, 0.25) is 0 Å². The average Bonchev–Trinajstić information content (AvgIpc) is 2.61. The molecule has 0 unspecified atom stereocenters. The van der Waals surface area contributed by atoms with Gasteiger partial charge in [-0.15, -0.1) is 0 Å². The number of nitro benzene ring substituents is 2. The zero-order valence-corrected chi connectivity index (χ0v) is 13.2. The maximum Gasteiger partial charge on any atom is 0.299 e. The fraction of sp³-hybridized carbons (Fsp3) is 0.250. The first-order valence-electron chi connectivity index (χ1n) is 7.64. The molecule has 1 aliphatic heterocycles. The van der Waals surface area contributed by atoms with Crippen molar-refractivity contribution in [3.63, 3.8) is 0 Å². The van der Waals surface area contributed by atoms with Gasteiger partial charge in [0.25, 0.3) is 11.4 Å². The van der Waals surface area contributed by atoms with Crippen LogP contribution < -0.4 is 9.80 Å². The van der Waals surface area contributed by atoms with Gasteiger partial charge in [-0.1, -0.05) is 12.1 Å². The molecule has 8 nitrogen and oxygen atoms in total. The standard InChI is InChI=1S/C16H15FN4O4/c17-13-3-1-2-4-14(13)18-7-9-19(10-8-18)15-6-5-12(20(22)23)11-16(15)21(24)25/h1-6,11H,7-10H2. The van der Waals surface area contributed by atoms with Crippen molar-refractivity contribution >= 4 is 22.7 Å². The molecule has 9 heteroatoms. The molecule has 0 atom stereocenters. The van der Waals surface area contributed by atoms with Crippen LogP contribution in [0.3, 0.4) is 0 Å². The Morgan fingerprint density at radius 3 is 2.00 bits per heavy atom. The quantitative estimate of drug-likeness (QED) is 0.624. The normalized spacial score (nSPS) is 14.4. The SMILES string of the molecule is O=[N+]([O-])c1ccc(N2CCN(c3ccccc3F)CC2)c([N+](=O)[O-])c1. The highest BCUT2D eigenvalue weighted by atomic mass is 19.1. The van der Waals surface area contributed by atoms with E-state index in [4.69, 9.17) is 0 Å². The van der Waals surface area contributed by atoms with E-state index in [1.165, 1.54) is 18.2 Å². The number of non-ortho nitro benzene ring substituents is 1. The fourth-order valence-corrected chi connectivity index (χ4v) is 2.94. The van der Waals surface area contributed by atoms with Gasteiger partial charge in [0.1, 0.15) is 11.5 Å². The number of nitrogens with zero attached hydrogens (tertiary/aromatic N) is 4. The molecular formula is C16H15FN4O4. The van der Waals surface area contributed by atoms with Crippen molar-refractivity contribution in [3.05, 3.63) is 68.5 Å². The number of hydrogen-bond acceptors (Lipinski definition) is 6. The number of para-hydroxylation sites is 1. The number of hydrogen-bond donors (Lipinski definition) is 0. The summed E-state index contributed by atoms with van der Waals surface area (Å²) in [5.41, 5.74) is 0.220. The minimum atomic E-state index is -0.660. The van der Waals surface area contributed by atoms with Crippen molar-refractivity contribution in [2.24, 2.45) is 0 Å². The third kappa shape index (κ3) is 3.35. The highest BCUT2D eigenvalue weighted by Gasteiger charge is 2.26. The molecule has 25 heavy (non-hydrogen) atoms. The summed E-state index contributed by atoms with van der Waals surface area (Å²) in [6.45, 7) is 1.89. The molecule has 1 heterocycles. The molecule has 0 radical (unpaired) electrons. The molecule has 1 aliphatic rings. The summed E-state index contributed by atoms with van der Waals surface area (Å²) >= 11 is 0. The second kappa shape index (κ2) is 6.71. The van der Waals surface area contributed by atoms with Gasteiger partial charge in [0.05, 0.1) is 21.6 Å². The molecule has 0 N–H and O–H groups in total. The Balaban J connectivity index is 1.80. The van der Waals surface area contributed by atoms with E-state index in [0.29, 0.717) is 37.6 Å². The Hall–Kier alpha value is -3.23. The van der Waals surface area contributed by atoms with Gasteiger partial charge in [-0.2, -0.15) is 0 Å². The summed E-state index contributed by atoms with van der Waals surface area (Å²) in [6, 6.07) is 10.1. The zero-order chi connectivity index (χ0) is 18.0. The van der Waals surface area contributed by atoms with Crippen LogP contribution in [0.1, 0.15) is 0 Å². The molecule has 2 aromatic carbocycles. The largest absolute Gasteiger partial charge is 0.366 e. The molecule has 0 saturated carbocycles. The maximum absolute atomic E-state index is 13.9. The van der Waals surface area contributed by atoms with E-state index >= 15 is 0 Å². The zero-order valence-electron chi connectivity index (χ0n) is 13.2. The van der Waals surface area contributed by atoms with E-state index in [-0.39, 0.29) is 17.2 Å². The monoisotopic (exact) mass is 346 g/mol. The minimum Gasteiger partial charge on any atom is -0.366 e. The molecule has 130 valence electrons. The van der Waals surface area contributed by atoms with Crippen LogP contribution >= 0.6 is 0 Å². The molecule has 0 aromatic heterocycles. The number of nitro groups is 2. The Bertz CT molecular complexity index is 822. The van der Waals surface area contributed by atoms with Crippen LogP contribution in [0.25, 0.3) is 0 Å². The highest BCUT2D eigenvalue weighted by Crippen LogP contribution is 2.33. The summed E-state index contributed by atoms with van der Waals surface area (Å²) in [5.74, 6) is -0.308. The summed E-state index contributed by atoms with van der Waals surface area (Å²) in [5, 5.41) is 22.1. The van der Waals surface area contributed by atoms with E-state index in [2.05, 4.69) is 0 Å². The van der Waals surface area contributed by atoms with E-state index in [0.717, 1.165) is 6.07 Å².